The zero-order chi connectivity index (χ0) is 12.8. The van der Waals surface area contributed by atoms with Gasteiger partial charge < -0.3 is 10.4 Å². The molecule has 0 heterocycles. The van der Waals surface area contributed by atoms with E-state index in [1.54, 1.807) is 6.08 Å². The van der Waals surface area contributed by atoms with E-state index in [2.05, 4.69) is 5.32 Å². The molecule has 0 saturated carbocycles. The Hall–Kier alpha value is -1.30. The van der Waals surface area contributed by atoms with Crippen molar-refractivity contribution < 1.29 is 19.5 Å². The predicted molar refractivity (Wildman–Crippen MR) is 64.8 cm³/mol. The standard InChI is InChI=1S/C11H15NO4S/c1-7(13)12-9(11(15)16)6-17-5-8-3-2-4-10(8)14/h2,4,8-9H,3,5-6H2,1H3,(H,12,13)(H,15,16)/t8?,9-/m0/s1. The maximum atomic E-state index is 11.3. The van der Waals surface area contributed by atoms with Crippen molar-refractivity contribution in [3.05, 3.63) is 12.2 Å². The largest absolute Gasteiger partial charge is 0.480 e. The summed E-state index contributed by atoms with van der Waals surface area (Å²) in [6.07, 6.45) is 4.12. The van der Waals surface area contributed by atoms with Crippen molar-refractivity contribution in [2.75, 3.05) is 11.5 Å². The van der Waals surface area contributed by atoms with Crippen LogP contribution in [-0.4, -0.2) is 40.3 Å². The molecule has 0 radical (unpaired) electrons. The molecular formula is C11H15NO4S. The van der Waals surface area contributed by atoms with Gasteiger partial charge in [0.05, 0.1) is 0 Å². The Balaban J connectivity index is 2.29. The summed E-state index contributed by atoms with van der Waals surface area (Å²) >= 11 is 1.38. The van der Waals surface area contributed by atoms with Gasteiger partial charge in [0.2, 0.25) is 5.91 Å². The average molecular weight is 257 g/mol. The van der Waals surface area contributed by atoms with Crippen molar-refractivity contribution >= 4 is 29.4 Å². The zero-order valence-electron chi connectivity index (χ0n) is 9.51. The van der Waals surface area contributed by atoms with Crippen LogP contribution in [0.5, 0.6) is 0 Å². The van der Waals surface area contributed by atoms with Crippen molar-refractivity contribution in [1.29, 1.82) is 0 Å². The lowest BCUT2D eigenvalue weighted by Crippen LogP contribution is -2.41. The Morgan fingerprint density at radius 3 is 2.82 bits per heavy atom. The topological polar surface area (TPSA) is 83.5 Å². The fraction of sp³-hybridized carbons (Fsp3) is 0.545. The molecule has 1 aliphatic carbocycles. The quantitative estimate of drug-likeness (QED) is 0.722. The van der Waals surface area contributed by atoms with Crippen LogP contribution in [0.1, 0.15) is 13.3 Å². The van der Waals surface area contributed by atoms with Crippen molar-refractivity contribution in [3.63, 3.8) is 0 Å². The third-order valence-electron chi connectivity index (χ3n) is 2.38. The van der Waals surface area contributed by atoms with Crippen molar-refractivity contribution in [3.8, 4) is 0 Å². The molecule has 0 aromatic heterocycles. The lowest BCUT2D eigenvalue weighted by atomic mass is 10.1. The molecule has 0 aromatic rings. The summed E-state index contributed by atoms with van der Waals surface area (Å²) in [7, 11) is 0. The molecule has 1 aliphatic rings. The van der Waals surface area contributed by atoms with E-state index in [-0.39, 0.29) is 23.4 Å². The van der Waals surface area contributed by atoms with E-state index in [0.717, 1.165) is 6.42 Å². The highest BCUT2D eigenvalue weighted by Gasteiger charge is 2.22. The molecule has 94 valence electrons. The first kappa shape index (κ1) is 13.8. The lowest BCUT2D eigenvalue weighted by molar-refractivity contribution is -0.140. The molecule has 17 heavy (non-hydrogen) atoms. The van der Waals surface area contributed by atoms with E-state index < -0.39 is 12.0 Å². The van der Waals surface area contributed by atoms with Crippen molar-refractivity contribution in [1.82, 2.24) is 5.32 Å². The second-order valence-corrected chi connectivity index (χ2v) is 4.94. The second kappa shape index (κ2) is 6.44. The molecule has 0 aromatic carbocycles. The normalized spacial score (nSPS) is 20.3. The number of rotatable bonds is 6. The SMILES string of the molecule is CC(=O)N[C@@H](CSCC1CC=CC1=O)C(=O)O. The van der Waals surface area contributed by atoms with Gasteiger partial charge in [-0.25, -0.2) is 4.79 Å². The highest BCUT2D eigenvalue weighted by Crippen LogP contribution is 2.20. The minimum atomic E-state index is -1.05. The summed E-state index contributed by atoms with van der Waals surface area (Å²) in [5, 5.41) is 11.2. The molecule has 0 fully saturated rings. The minimum Gasteiger partial charge on any atom is -0.480 e. The first-order chi connectivity index (χ1) is 8.00. The molecule has 1 unspecified atom stereocenters. The number of aliphatic carboxylic acids is 1. The third-order valence-corrected chi connectivity index (χ3v) is 3.59. The summed E-state index contributed by atoms with van der Waals surface area (Å²) < 4.78 is 0. The maximum absolute atomic E-state index is 11.3. The molecular weight excluding hydrogens is 242 g/mol. The van der Waals surface area contributed by atoms with Crippen LogP contribution >= 0.6 is 11.8 Å². The van der Waals surface area contributed by atoms with Crippen LogP contribution in [0, 0.1) is 5.92 Å². The van der Waals surface area contributed by atoms with Gasteiger partial charge in [-0.2, -0.15) is 11.8 Å². The maximum Gasteiger partial charge on any atom is 0.327 e. The van der Waals surface area contributed by atoms with Gasteiger partial charge in [-0.1, -0.05) is 6.08 Å². The number of allylic oxidation sites excluding steroid dienone is 2. The van der Waals surface area contributed by atoms with Crippen LogP contribution in [0.3, 0.4) is 0 Å². The fourth-order valence-electron chi connectivity index (χ4n) is 1.50. The Bertz CT molecular complexity index is 353. The smallest absolute Gasteiger partial charge is 0.327 e. The van der Waals surface area contributed by atoms with Gasteiger partial charge in [0.15, 0.2) is 5.78 Å². The van der Waals surface area contributed by atoms with Crippen LogP contribution in [0.2, 0.25) is 0 Å². The molecule has 2 atom stereocenters. The molecule has 1 amide bonds. The second-order valence-electron chi connectivity index (χ2n) is 3.87. The summed E-state index contributed by atoms with van der Waals surface area (Å²) in [6.45, 7) is 1.28. The minimum absolute atomic E-state index is 0.0354. The van der Waals surface area contributed by atoms with Crippen molar-refractivity contribution in [2.24, 2.45) is 5.92 Å². The molecule has 0 aliphatic heterocycles. The first-order valence-corrected chi connectivity index (χ1v) is 6.44. The Morgan fingerprint density at radius 1 is 1.65 bits per heavy atom. The van der Waals surface area contributed by atoms with Gasteiger partial charge in [-0.3, -0.25) is 9.59 Å². The van der Waals surface area contributed by atoms with Crippen LogP contribution in [-0.2, 0) is 14.4 Å². The molecule has 0 saturated heterocycles. The van der Waals surface area contributed by atoms with E-state index in [1.165, 1.54) is 18.7 Å². The van der Waals surface area contributed by atoms with E-state index >= 15 is 0 Å². The molecule has 6 heteroatoms. The number of hydrogen-bond acceptors (Lipinski definition) is 4. The summed E-state index contributed by atoms with van der Waals surface area (Å²) in [5.41, 5.74) is 0. The van der Waals surface area contributed by atoms with Gasteiger partial charge in [-0.05, 0) is 12.5 Å². The first-order valence-electron chi connectivity index (χ1n) is 5.28. The number of amides is 1. The average Bonchev–Trinajstić information content (AvgIpc) is 2.62. The number of thioether (sulfide) groups is 1. The number of carboxylic acids is 1. The Labute approximate surface area is 104 Å². The number of hydrogen-bond donors (Lipinski definition) is 2. The number of carbonyl (C=O) groups excluding carboxylic acids is 2. The predicted octanol–water partition coefficient (Wildman–Crippen LogP) is 0.454. The Kier molecular flexibility index (Phi) is 5.21. The van der Waals surface area contributed by atoms with Crippen LogP contribution in [0.4, 0.5) is 0 Å². The van der Waals surface area contributed by atoms with Crippen LogP contribution in [0.15, 0.2) is 12.2 Å². The van der Waals surface area contributed by atoms with E-state index in [1.807, 2.05) is 6.08 Å². The monoisotopic (exact) mass is 257 g/mol. The molecule has 2 N–H and O–H groups in total. The summed E-state index contributed by atoms with van der Waals surface area (Å²) in [5.74, 6) is -0.482. The van der Waals surface area contributed by atoms with E-state index in [0.29, 0.717) is 5.75 Å². The highest BCUT2D eigenvalue weighted by molar-refractivity contribution is 7.99. The molecule has 0 bridgehead atoms. The fourth-order valence-corrected chi connectivity index (χ4v) is 2.68. The van der Waals surface area contributed by atoms with Crippen LogP contribution in [0.25, 0.3) is 0 Å². The summed E-state index contributed by atoms with van der Waals surface area (Å²) in [4.78, 5) is 32.9. The molecule has 1 rings (SSSR count). The number of carboxylic acid groups (broad SMARTS) is 1. The number of nitrogens with one attached hydrogen (secondary N) is 1. The van der Waals surface area contributed by atoms with Crippen molar-refractivity contribution in [2.45, 2.75) is 19.4 Å². The third kappa shape index (κ3) is 4.60. The Morgan fingerprint density at radius 2 is 2.35 bits per heavy atom. The molecule has 5 nitrogen and oxygen atoms in total. The lowest BCUT2D eigenvalue weighted by Gasteiger charge is -2.14. The highest BCUT2D eigenvalue weighted by atomic mass is 32.2. The number of carbonyl (C=O) groups is 3. The number of ketones is 1. The van der Waals surface area contributed by atoms with Gasteiger partial charge in [0.1, 0.15) is 6.04 Å². The van der Waals surface area contributed by atoms with Gasteiger partial charge >= 0.3 is 5.97 Å². The van der Waals surface area contributed by atoms with Gasteiger partial charge in [0, 0.05) is 24.3 Å². The van der Waals surface area contributed by atoms with E-state index in [9.17, 15) is 14.4 Å². The summed E-state index contributed by atoms with van der Waals surface area (Å²) in [6, 6.07) is -0.887. The van der Waals surface area contributed by atoms with Gasteiger partial charge in [-0.15, -0.1) is 0 Å². The van der Waals surface area contributed by atoms with E-state index in [4.69, 9.17) is 5.11 Å². The van der Waals surface area contributed by atoms with Gasteiger partial charge in [0.25, 0.3) is 0 Å². The zero-order valence-corrected chi connectivity index (χ0v) is 10.3. The van der Waals surface area contributed by atoms with Crippen LogP contribution < -0.4 is 5.32 Å². The molecule has 0 spiro atoms.